The van der Waals surface area contributed by atoms with Crippen LogP contribution < -0.4 is 10.5 Å². The Balaban J connectivity index is 2.27. The van der Waals surface area contributed by atoms with E-state index < -0.39 is 5.97 Å². The van der Waals surface area contributed by atoms with Gasteiger partial charge in [0.15, 0.2) is 0 Å². The molecule has 2 heterocycles. The van der Waals surface area contributed by atoms with Crippen molar-refractivity contribution in [2.24, 2.45) is 0 Å². The summed E-state index contributed by atoms with van der Waals surface area (Å²) in [5.41, 5.74) is 5.75. The molecular formula is C11H8ClN3O3. The first-order valence-electron chi connectivity index (χ1n) is 4.83. The normalized spacial score (nSPS) is 10.1. The maximum absolute atomic E-state index is 10.7. The number of nitrogens with two attached hydrogens (primary N) is 1. The van der Waals surface area contributed by atoms with E-state index in [1.807, 2.05) is 0 Å². The van der Waals surface area contributed by atoms with E-state index in [1.165, 1.54) is 18.5 Å². The number of aromatic nitrogens is 2. The van der Waals surface area contributed by atoms with Gasteiger partial charge in [0.25, 0.3) is 0 Å². The van der Waals surface area contributed by atoms with Crippen molar-refractivity contribution in [1.82, 2.24) is 9.97 Å². The Bertz CT molecular complexity index is 604. The van der Waals surface area contributed by atoms with Gasteiger partial charge in [0.1, 0.15) is 5.75 Å². The van der Waals surface area contributed by atoms with Crippen LogP contribution in [0.25, 0.3) is 0 Å². The number of nitrogens with zero attached hydrogens (tertiary/aromatic N) is 2. The molecule has 0 amide bonds. The average molecular weight is 266 g/mol. The minimum absolute atomic E-state index is 0.0101. The first kappa shape index (κ1) is 12.1. The van der Waals surface area contributed by atoms with Crippen LogP contribution in [0.4, 0.5) is 5.69 Å². The highest BCUT2D eigenvalue weighted by Gasteiger charge is 2.09. The summed E-state index contributed by atoms with van der Waals surface area (Å²) in [7, 11) is 0. The monoisotopic (exact) mass is 265 g/mol. The number of nitrogen functional groups attached to an aromatic ring is 1. The average Bonchev–Trinajstić information content (AvgIpc) is 2.31. The number of aromatic carboxylic acids is 1. The first-order chi connectivity index (χ1) is 8.56. The third kappa shape index (κ3) is 2.67. The summed E-state index contributed by atoms with van der Waals surface area (Å²) in [5.74, 6) is -0.640. The summed E-state index contributed by atoms with van der Waals surface area (Å²) >= 11 is 5.75. The molecule has 2 aromatic rings. The fraction of sp³-hybridized carbons (Fsp3) is 0. The van der Waals surface area contributed by atoms with Crippen LogP contribution >= 0.6 is 11.6 Å². The van der Waals surface area contributed by atoms with Crippen LogP contribution in [0, 0.1) is 0 Å². The molecule has 92 valence electrons. The molecule has 18 heavy (non-hydrogen) atoms. The van der Waals surface area contributed by atoms with Crippen LogP contribution in [0.15, 0.2) is 30.7 Å². The van der Waals surface area contributed by atoms with Crippen LogP contribution in [0.1, 0.15) is 10.4 Å². The molecule has 0 aliphatic carbocycles. The molecule has 2 rings (SSSR count). The van der Waals surface area contributed by atoms with E-state index in [4.69, 9.17) is 27.2 Å². The van der Waals surface area contributed by atoms with Crippen molar-refractivity contribution >= 4 is 23.3 Å². The Kier molecular flexibility index (Phi) is 3.29. The topological polar surface area (TPSA) is 98.3 Å². The summed E-state index contributed by atoms with van der Waals surface area (Å²) in [6.45, 7) is 0. The third-order valence-electron chi connectivity index (χ3n) is 2.02. The van der Waals surface area contributed by atoms with Crippen molar-refractivity contribution < 1.29 is 14.6 Å². The first-order valence-corrected chi connectivity index (χ1v) is 5.21. The zero-order valence-corrected chi connectivity index (χ0v) is 9.76. The highest BCUT2D eigenvalue weighted by atomic mass is 35.5. The smallest absolute Gasteiger partial charge is 0.337 e. The Labute approximate surface area is 107 Å². The van der Waals surface area contributed by atoms with Gasteiger partial charge >= 0.3 is 5.97 Å². The molecule has 0 aliphatic heterocycles. The number of halogens is 1. The zero-order valence-electron chi connectivity index (χ0n) is 9.00. The molecule has 0 saturated heterocycles. The second kappa shape index (κ2) is 4.89. The van der Waals surface area contributed by atoms with Gasteiger partial charge in [-0.2, -0.15) is 0 Å². The second-order valence-electron chi connectivity index (χ2n) is 3.36. The summed E-state index contributed by atoms with van der Waals surface area (Å²) in [5, 5.41) is 9.17. The lowest BCUT2D eigenvalue weighted by Gasteiger charge is -2.07. The van der Waals surface area contributed by atoms with E-state index in [-0.39, 0.29) is 17.1 Å². The zero-order chi connectivity index (χ0) is 13.1. The van der Waals surface area contributed by atoms with Crippen molar-refractivity contribution in [3.8, 4) is 11.6 Å². The lowest BCUT2D eigenvalue weighted by Crippen LogP contribution is -2.01. The SMILES string of the molecule is Nc1cc(C(=O)O)cnc1Oc1cncc(Cl)c1. The van der Waals surface area contributed by atoms with Crippen molar-refractivity contribution in [2.45, 2.75) is 0 Å². The van der Waals surface area contributed by atoms with E-state index in [0.29, 0.717) is 10.8 Å². The van der Waals surface area contributed by atoms with Crippen LogP contribution in [0.2, 0.25) is 5.02 Å². The summed E-state index contributed by atoms with van der Waals surface area (Å²) in [6, 6.07) is 2.81. The van der Waals surface area contributed by atoms with E-state index in [1.54, 1.807) is 6.07 Å². The number of anilines is 1. The molecule has 0 radical (unpaired) electrons. The standard InChI is InChI=1S/C11H8ClN3O3/c12-7-2-8(5-14-4-7)18-10-9(13)1-6(3-15-10)11(16)17/h1-5H,13H2,(H,16,17). The Hall–Kier alpha value is -2.34. The van der Waals surface area contributed by atoms with Crippen molar-refractivity contribution in [2.75, 3.05) is 5.73 Å². The van der Waals surface area contributed by atoms with Crippen molar-refractivity contribution in [1.29, 1.82) is 0 Å². The third-order valence-corrected chi connectivity index (χ3v) is 2.23. The fourth-order valence-corrected chi connectivity index (χ4v) is 1.40. The molecule has 6 nitrogen and oxygen atoms in total. The molecule has 7 heteroatoms. The molecule has 0 saturated carbocycles. The molecule has 2 aromatic heterocycles. The molecule has 0 unspecified atom stereocenters. The van der Waals surface area contributed by atoms with Gasteiger partial charge in [0, 0.05) is 18.5 Å². The lowest BCUT2D eigenvalue weighted by molar-refractivity contribution is 0.0696. The summed E-state index contributed by atoms with van der Waals surface area (Å²) in [4.78, 5) is 18.4. The van der Waals surface area contributed by atoms with Gasteiger partial charge in [-0.25, -0.2) is 9.78 Å². The Morgan fingerprint density at radius 1 is 1.33 bits per heavy atom. The highest BCUT2D eigenvalue weighted by molar-refractivity contribution is 6.30. The maximum atomic E-state index is 10.7. The molecule has 0 atom stereocenters. The number of carboxylic acids is 1. The number of pyridine rings is 2. The van der Waals surface area contributed by atoms with Crippen LogP contribution in [-0.4, -0.2) is 21.0 Å². The molecule has 0 aliphatic rings. The quantitative estimate of drug-likeness (QED) is 0.883. The molecule has 3 N–H and O–H groups in total. The molecule has 0 aromatic carbocycles. The van der Waals surface area contributed by atoms with Gasteiger partial charge in [0.05, 0.1) is 22.5 Å². The van der Waals surface area contributed by atoms with Gasteiger partial charge in [-0.3, -0.25) is 4.98 Å². The van der Waals surface area contributed by atoms with Crippen LogP contribution in [0.3, 0.4) is 0 Å². The highest BCUT2D eigenvalue weighted by Crippen LogP contribution is 2.26. The largest absolute Gasteiger partial charge is 0.478 e. The minimum Gasteiger partial charge on any atom is -0.478 e. The van der Waals surface area contributed by atoms with Gasteiger partial charge in [-0.1, -0.05) is 11.6 Å². The predicted molar refractivity (Wildman–Crippen MR) is 64.9 cm³/mol. The van der Waals surface area contributed by atoms with E-state index >= 15 is 0 Å². The summed E-state index contributed by atoms with van der Waals surface area (Å²) in [6.07, 6.45) is 4.06. The fourth-order valence-electron chi connectivity index (χ4n) is 1.23. The molecule has 0 fully saturated rings. The minimum atomic E-state index is -1.11. The Morgan fingerprint density at radius 3 is 2.72 bits per heavy atom. The second-order valence-corrected chi connectivity index (χ2v) is 3.80. The number of ether oxygens (including phenoxy) is 1. The number of carboxylic acid groups (broad SMARTS) is 1. The number of carbonyl (C=O) groups is 1. The van der Waals surface area contributed by atoms with Gasteiger partial charge in [-0.15, -0.1) is 0 Å². The molecule has 0 bridgehead atoms. The summed E-state index contributed by atoms with van der Waals surface area (Å²) < 4.78 is 5.35. The molecule has 0 spiro atoms. The van der Waals surface area contributed by atoms with Crippen molar-refractivity contribution in [3.63, 3.8) is 0 Å². The number of rotatable bonds is 3. The molecular weight excluding hydrogens is 258 g/mol. The Morgan fingerprint density at radius 2 is 2.11 bits per heavy atom. The lowest BCUT2D eigenvalue weighted by atomic mass is 10.2. The van der Waals surface area contributed by atoms with E-state index in [2.05, 4.69) is 9.97 Å². The van der Waals surface area contributed by atoms with E-state index in [0.717, 1.165) is 6.20 Å². The van der Waals surface area contributed by atoms with Crippen LogP contribution in [-0.2, 0) is 0 Å². The number of hydrogen-bond acceptors (Lipinski definition) is 5. The van der Waals surface area contributed by atoms with E-state index in [9.17, 15) is 4.79 Å². The maximum Gasteiger partial charge on any atom is 0.337 e. The predicted octanol–water partition coefficient (Wildman–Crippen LogP) is 2.20. The van der Waals surface area contributed by atoms with Crippen LogP contribution in [0.5, 0.6) is 11.6 Å². The van der Waals surface area contributed by atoms with Gasteiger partial charge in [-0.05, 0) is 6.07 Å². The van der Waals surface area contributed by atoms with Gasteiger partial charge < -0.3 is 15.6 Å². The number of hydrogen-bond donors (Lipinski definition) is 2. The van der Waals surface area contributed by atoms with Crippen molar-refractivity contribution in [3.05, 3.63) is 41.3 Å². The van der Waals surface area contributed by atoms with Gasteiger partial charge in [0.2, 0.25) is 5.88 Å².